The minimum absolute atomic E-state index is 0.502. The molecule has 0 aliphatic carbocycles. The number of ether oxygens (including phenoxy) is 1. The molecule has 2 aromatic rings. The van der Waals surface area contributed by atoms with E-state index in [0.717, 1.165) is 29.0 Å². The summed E-state index contributed by atoms with van der Waals surface area (Å²) in [5.74, 6) is 0.841. The van der Waals surface area contributed by atoms with Crippen LogP contribution in [-0.2, 0) is 20.1 Å². The summed E-state index contributed by atoms with van der Waals surface area (Å²) < 4.78 is 7.54. The van der Waals surface area contributed by atoms with E-state index in [-0.39, 0.29) is 0 Å². The van der Waals surface area contributed by atoms with Crippen LogP contribution in [0.1, 0.15) is 11.1 Å². The molecule has 4 nitrogen and oxygen atoms in total. The molecular weight excluding hydrogens is 226 g/mol. The number of nitrogens with zero attached hydrogens (tertiary/aromatic N) is 2. The molecule has 1 heterocycles. The third-order valence-corrected chi connectivity index (χ3v) is 2.60. The Morgan fingerprint density at radius 3 is 3.00 bits per heavy atom. The zero-order valence-electron chi connectivity index (χ0n) is 10.5. The molecule has 0 saturated heterocycles. The summed E-state index contributed by atoms with van der Waals surface area (Å²) in [4.78, 5) is 0. The predicted octanol–water partition coefficient (Wildman–Crippen LogP) is 2.31. The van der Waals surface area contributed by atoms with Gasteiger partial charge in [-0.05, 0) is 30.2 Å². The Morgan fingerprint density at radius 1 is 1.50 bits per heavy atom. The van der Waals surface area contributed by atoms with Crippen LogP contribution in [0.4, 0.5) is 5.69 Å². The number of anilines is 1. The van der Waals surface area contributed by atoms with E-state index >= 15 is 0 Å². The van der Waals surface area contributed by atoms with Gasteiger partial charge >= 0.3 is 0 Å². The van der Waals surface area contributed by atoms with Crippen molar-refractivity contribution in [1.82, 2.24) is 9.78 Å². The van der Waals surface area contributed by atoms with Crippen LogP contribution in [0.3, 0.4) is 0 Å². The maximum absolute atomic E-state index is 5.79. The summed E-state index contributed by atoms with van der Waals surface area (Å²) in [5.41, 5.74) is 8.59. The number of rotatable bonds is 5. The van der Waals surface area contributed by atoms with Gasteiger partial charge in [0.15, 0.2) is 0 Å². The number of benzene rings is 1. The van der Waals surface area contributed by atoms with Crippen LogP contribution in [-0.4, -0.2) is 9.78 Å². The molecule has 18 heavy (non-hydrogen) atoms. The van der Waals surface area contributed by atoms with Crippen molar-refractivity contribution in [3.63, 3.8) is 0 Å². The Morgan fingerprint density at radius 2 is 2.33 bits per heavy atom. The van der Waals surface area contributed by atoms with Crippen molar-refractivity contribution in [1.29, 1.82) is 0 Å². The van der Waals surface area contributed by atoms with Gasteiger partial charge in [-0.15, -0.1) is 6.58 Å². The van der Waals surface area contributed by atoms with Crippen molar-refractivity contribution < 1.29 is 4.74 Å². The molecule has 0 saturated carbocycles. The molecular formula is C14H17N3O. The first-order valence-corrected chi connectivity index (χ1v) is 5.78. The minimum atomic E-state index is 0.502. The lowest BCUT2D eigenvalue weighted by molar-refractivity contribution is 0.303. The zero-order chi connectivity index (χ0) is 13.0. The summed E-state index contributed by atoms with van der Waals surface area (Å²) in [6, 6.07) is 5.65. The highest BCUT2D eigenvalue weighted by Crippen LogP contribution is 2.23. The number of aryl methyl sites for hydroxylation is 1. The molecule has 0 radical (unpaired) electrons. The van der Waals surface area contributed by atoms with Gasteiger partial charge in [0, 0.05) is 24.5 Å². The number of allylic oxidation sites excluding steroid dienone is 1. The van der Waals surface area contributed by atoms with Gasteiger partial charge in [0.2, 0.25) is 0 Å². The van der Waals surface area contributed by atoms with Crippen molar-refractivity contribution in [3.8, 4) is 5.75 Å². The van der Waals surface area contributed by atoms with Gasteiger partial charge in [0.25, 0.3) is 0 Å². The molecule has 4 heteroatoms. The van der Waals surface area contributed by atoms with Gasteiger partial charge in [0.05, 0.1) is 6.20 Å². The number of nitrogens with two attached hydrogens (primary N) is 1. The fourth-order valence-corrected chi connectivity index (χ4v) is 1.76. The Labute approximate surface area is 107 Å². The smallest absolute Gasteiger partial charge is 0.123 e. The molecule has 0 amide bonds. The van der Waals surface area contributed by atoms with Crippen molar-refractivity contribution in [2.45, 2.75) is 13.0 Å². The molecule has 0 spiro atoms. The first kappa shape index (κ1) is 12.2. The van der Waals surface area contributed by atoms with Gasteiger partial charge < -0.3 is 10.5 Å². The van der Waals surface area contributed by atoms with E-state index in [1.54, 1.807) is 10.9 Å². The van der Waals surface area contributed by atoms with Crippen LogP contribution in [0.15, 0.2) is 43.2 Å². The highest BCUT2D eigenvalue weighted by atomic mass is 16.5. The van der Waals surface area contributed by atoms with E-state index in [4.69, 9.17) is 10.5 Å². The fourth-order valence-electron chi connectivity index (χ4n) is 1.76. The van der Waals surface area contributed by atoms with Crippen LogP contribution in [0, 0.1) is 0 Å². The molecule has 0 unspecified atom stereocenters. The van der Waals surface area contributed by atoms with Crippen LogP contribution in [0.2, 0.25) is 0 Å². The molecule has 0 atom stereocenters. The predicted molar refractivity (Wildman–Crippen MR) is 72.3 cm³/mol. The first-order chi connectivity index (χ1) is 8.69. The van der Waals surface area contributed by atoms with Gasteiger partial charge in [-0.3, -0.25) is 4.68 Å². The number of hydrogen-bond acceptors (Lipinski definition) is 3. The molecule has 0 fully saturated rings. The van der Waals surface area contributed by atoms with Crippen LogP contribution < -0.4 is 10.5 Å². The SMILES string of the molecule is C=CCc1cc(N)ccc1OCc1cnn(C)c1. The van der Waals surface area contributed by atoms with Crippen molar-refractivity contribution in [2.75, 3.05) is 5.73 Å². The summed E-state index contributed by atoms with van der Waals surface area (Å²) in [6.45, 7) is 4.24. The normalized spacial score (nSPS) is 10.3. The number of nitrogen functional groups attached to an aromatic ring is 1. The van der Waals surface area contributed by atoms with Gasteiger partial charge in [-0.1, -0.05) is 6.08 Å². The first-order valence-electron chi connectivity index (χ1n) is 5.78. The Bertz CT molecular complexity index is 546. The van der Waals surface area contributed by atoms with Gasteiger partial charge in [-0.25, -0.2) is 0 Å². The maximum Gasteiger partial charge on any atom is 0.123 e. The van der Waals surface area contributed by atoms with Crippen LogP contribution in [0.5, 0.6) is 5.75 Å². The van der Waals surface area contributed by atoms with E-state index < -0.39 is 0 Å². The monoisotopic (exact) mass is 243 g/mol. The van der Waals surface area contributed by atoms with Gasteiger partial charge in [0.1, 0.15) is 12.4 Å². The highest BCUT2D eigenvalue weighted by Gasteiger charge is 2.04. The molecule has 0 bridgehead atoms. The van der Waals surface area contributed by atoms with E-state index in [1.165, 1.54) is 0 Å². The topological polar surface area (TPSA) is 53.1 Å². The summed E-state index contributed by atoms with van der Waals surface area (Å²) in [7, 11) is 1.88. The lowest BCUT2D eigenvalue weighted by atomic mass is 10.1. The second-order valence-corrected chi connectivity index (χ2v) is 4.17. The standard InChI is InChI=1S/C14H17N3O/c1-3-4-12-7-13(15)5-6-14(12)18-10-11-8-16-17(2)9-11/h3,5-9H,1,4,10,15H2,2H3. The van der Waals surface area contributed by atoms with E-state index in [9.17, 15) is 0 Å². The second kappa shape index (κ2) is 5.40. The van der Waals surface area contributed by atoms with Crippen LogP contribution >= 0.6 is 0 Å². The Balaban J connectivity index is 2.10. The zero-order valence-corrected chi connectivity index (χ0v) is 10.5. The quantitative estimate of drug-likeness (QED) is 0.647. The summed E-state index contributed by atoms with van der Waals surface area (Å²) in [5, 5.41) is 4.10. The van der Waals surface area contributed by atoms with E-state index in [2.05, 4.69) is 11.7 Å². The molecule has 2 N–H and O–H groups in total. The lowest BCUT2D eigenvalue weighted by Crippen LogP contribution is -1.99. The third-order valence-electron chi connectivity index (χ3n) is 2.60. The Hall–Kier alpha value is -2.23. The molecule has 0 aliphatic heterocycles. The number of hydrogen-bond donors (Lipinski definition) is 1. The maximum atomic E-state index is 5.79. The summed E-state index contributed by atoms with van der Waals surface area (Å²) in [6.07, 6.45) is 6.31. The van der Waals surface area contributed by atoms with Crippen molar-refractivity contribution in [2.24, 2.45) is 7.05 Å². The van der Waals surface area contributed by atoms with Crippen molar-refractivity contribution in [3.05, 3.63) is 54.4 Å². The molecule has 2 rings (SSSR count). The minimum Gasteiger partial charge on any atom is -0.488 e. The lowest BCUT2D eigenvalue weighted by Gasteiger charge is -2.10. The molecule has 1 aromatic carbocycles. The molecule has 94 valence electrons. The second-order valence-electron chi connectivity index (χ2n) is 4.17. The average Bonchev–Trinajstić information content (AvgIpc) is 2.75. The average molecular weight is 243 g/mol. The highest BCUT2D eigenvalue weighted by molar-refractivity contribution is 5.48. The Kier molecular flexibility index (Phi) is 3.67. The summed E-state index contributed by atoms with van der Waals surface area (Å²) >= 11 is 0. The molecule has 1 aromatic heterocycles. The van der Waals surface area contributed by atoms with E-state index in [0.29, 0.717) is 6.61 Å². The van der Waals surface area contributed by atoms with Gasteiger partial charge in [-0.2, -0.15) is 5.10 Å². The van der Waals surface area contributed by atoms with E-state index in [1.807, 2.05) is 37.5 Å². The largest absolute Gasteiger partial charge is 0.488 e. The fraction of sp³-hybridized carbons (Fsp3) is 0.214. The van der Waals surface area contributed by atoms with Crippen molar-refractivity contribution >= 4 is 5.69 Å². The number of aromatic nitrogens is 2. The van der Waals surface area contributed by atoms with Crippen LogP contribution in [0.25, 0.3) is 0 Å². The molecule has 0 aliphatic rings. The third kappa shape index (κ3) is 2.91.